The lowest BCUT2D eigenvalue weighted by Gasteiger charge is -2.08. The van der Waals surface area contributed by atoms with Crippen molar-refractivity contribution >= 4 is 16.7 Å². The summed E-state index contributed by atoms with van der Waals surface area (Å²) in [6.07, 6.45) is 4.73. The number of nitro benzene ring substituents is 1. The monoisotopic (exact) mass is 387 g/mol. The summed E-state index contributed by atoms with van der Waals surface area (Å²) in [5.41, 5.74) is -0.454. The quantitative estimate of drug-likeness (QED) is 0.383. The molecule has 0 aliphatic heterocycles. The van der Waals surface area contributed by atoms with E-state index in [9.17, 15) is 23.7 Å². The molecule has 0 spiro atoms. The largest absolute Gasteiger partial charge is 0.319 e. The molecule has 28 heavy (non-hydrogen) atoms. The van der Waals surface area contributed by atoms with E-state index in [0.29, 0.717) is 4.57 Å². The lowest BCUT2D eigenvalue weighted by molar-refractivity contribution is -0.384. The Bertz CT molecular complexity index is 1240. The number of hydrogen-bond acceptors (Lipinski definition) is 6. The molecule has 4 rings (SSSR count). The van der Waals surface area contributed by atoms with Gasteiger partial charge < -0.3 is 0 Å². The summed E-state index contributed by atoms with van der Waals surface area (Å²) in [7, 11) is 0. The Morgan fingerprint density at radius 1 is 1.21 bits per heavy atom. The van der Waals surface area contributed by atoms with Gasteiger partial charge in [0.15, 0.2) is 5.65 Å². The van der Waals surface area contributed by atoms with Crippen molar-refractivity contribution in [2.75, 3.05) is 0 Å². The van der Waals surface area contributed by atoms with E-state index in [-0.39, 0.29) is 34.8 Å². The number of rotatable bonds is 5. The van der Waals surface area contributed by atoms with E-state index in [1.165, 1.54) is 41.6 Å². The van der Waals surface area contributed by atoms with Crippen LogP contribution >= 0.6 is 0 Å². The van der Waals surface area contributed by atoms with E-state index in [0.717, 1.165) is 10.8 Å². The minimum Gasteiger partial charge on any atom is -0.291 e. The number of imidazole rings is 1. The highest BCUT2D eigenvalue weighted by Gasteiger charge is 2.20. The van der Waals surface area contributed by atoms with Crippen molar-refractivity contribution in [1.82, 2.24) is 28.9 Å². The molecule has 3 aromatic heterocycles. The summed E-state index contributed by atoms with van der Waals surface area (Å²) in [6, 6.07) is 5.91. The first-order valence-corrected chi connectivity index (χ1v) is 7.94. The van der Waals surface area contributed by atoms with Crippen LogP contribution in [0.3, 0.4) is 0 Å². The van der Waals surface area contributed by atoms with Gasteiger partial charge in [-0.15, -0.1) is 0 Å². The highest BCUT2D eigenvalue weighted by molar-refractivity contribution is 5.76. The molecule has 10 nitrogen and oxygen atoms in total. The van der Waals surface area contributed by atoms with E-state index in [1.807, 2.05) is 0 Å². The molecule has 142 valence electrons. The SMILES string of the molecule is O=c1c2cnn(-c3ccccc3[N+](=O)[O-])c2ncn1Cc1nccn1C(F)F. The third-order valence-corrected chi connectivity index (χ3v) is 4.13. The van der Waals surface area contributed by atoms with Crippen molar-refractivity contribution in [2.24, 2.45) is 0 Å². The van der Waals surface area contributed by atoms with Gasteiger partial charge in [-0.1, -0.05) is 12.1 Å². The van der Waals surface area contributed by atoms with Crippen LogP contribution < -0.4 is 5.56 Å². The molecule has 0 unspecified atom stereocenters. The number of nitro groups is 1. The first-order valence-electron chi connectivity index (χ1n) is 7.94. The fourth-order valence-electron chi connectivity index (χ4n) is 2.83. The Morgan fingerprint density at radius 3 is 2.75 bits per heavy atom. The van der Waals surface area contributed by atoms with Crippen molar-refractivity contribution in [3.63, 3.8) is 0 Å². The molecule has 0 radical (unpaired) electrons. The highest BCUT2D eigenvalue weighted by Crippen LogP contribution is 2.24. The van der Waals surface area contributed by atoms with Gasteiger partial charge in [-0.05, 0) is 6.07 Å². The topological polar surface area (TPSA) is 114 Å². The van der Waals surface area contributed by atoms with Crippen molar-refractivity contribution < 1.29 is 13.7 Å². The molecule has 0 aliphatic rings. The van der Waals surface area contributed by atoms with Crippen molar-refractivity contribution in [3.05, 3.63) is 75.5 Å². The van der Waals surface area contributed by atoms with Crippen LogP contribution in [0.25, 0.3) is 16.7 Å². The first kappa shape index (κ1) is 17.5. The summed E-state index contributed by atoms with van der Waals surface area (Å²) < 4.78 is 28.9. The predicted molar refractivity (Wildman–Crippen MR) is 92.4 cm³/mol. The normalized spacial score (nSPS) is 11.4. The summed E-state index contributed by atoms with van der Waals surface area (Å²) in [4.78, 5) is 31.4. The van der Waals surface area contributed by atoms with Gasteiger partial charge in [0.2, 0.25) is 0 Å². The van der Waals surface area contributed by atoms with Gasteiger partial charge in [-0.3, -0.25) is 24.0 Å². The number of nitrogens with zero attached hydrogens (tertiary/aromatic N) is 7. The third-order valence-electron chi connectivity index (χ3n) is 4.13. The minimum absolute atomic E-state index is 0.00987. The van der Waals surface area contributed by atoms with Crippen LogP contribution in [0.1, 0.15) is 12.4 Å². The van der Waals surface area contributed by atoms with E-state index < -0.39 is 17.0 Å². The molecule has 0 saturated carbocycles. The molecule has 3 heterocycles. The Balaban J connectivity index is 1.80. The highest BCUT2D eigenvalue weighted by atomic mass is 19.3. The Morgan fingerprint density at radius 2 is 2.00 bits per heavy atom. The van der Waals surface area contributed by atoms with E-state index >= 15 is 0 Å². The lowest BCUT2D eigenvalue weighted by Crippen LogP contribution is -2.23. The number of benzene rings is 1. The van der Waals surface area contributed by atoms with Crippen LogP contribution in [-0.4, -0.2) is 33.8 Å². The maximum absolute atomic E-state index is 13.0. The van der Waals surface area contributed by atoms with E-state index in [2.05, 4.69) is 15.1 Å². The lowest BCUT2D eigenvalue weighted by atomic mass is 10.2. The van der Waals surface area contributed by atoms with Crippen LogP contribution in [0, 0.1) is 10.1 Å². The molecular formula is C16H11F2N7O3. The molecule has 0 N–H and O–H groups in total. The molecular weight excluding hydrogens is 376 g/mol. The first-order chi connectivity index (χ1) is 13.5. The summed E-state index contributed by atoms with van der Waals surface area (Å²) in [5.74, 6) is -0.00987. The van der Waals surface area contributed by atoms with Crippen molar-refractivity contribution in [3.8, 4) is 5.69 Å². The van der Waals surface area contributed by atoms with Gasteiger partial charge >= 0.3 is 6.55 Å². The van der Waals surface area contributed by atoms with Crippen molar-refractivity contribution in [2.45, 2.75) is 13.1 Å². The summed E-state index contributed by atoms with van der Waals surface area (Å²) in [6.45, 7) is -3.00. The van der Waals surface area contributed by atoms with Crippen LogP contribution in [0.15, 0.2) is 54.0 Å². The van der Waals surface area contributed by atoms with Crippen LogP contribution in [0.5, 0.6) is 0 Å². The second-order valence-electron chi connectivity index (χ2n) is 5.75. The standard InChI is InChI=1S/C16H11F2N7O3/c17-16(18)23-6-5-19-13(23)8-22-9-20-14-10(15(22)26)7-21-24(14)11-3-1-2-4-12(11)25(27)28/h1-7,9,16H,8H2. The van der Waals surface area contributed by atoms with Crippen LogP contribution in [-0.2, 0) is 6.54 Å². The molecule has 0 atom stereocenters. The van der Waals surface area contributed by atoms with Gasteiger partial charge in [-0.2, -0.15) is 13.9 Å². The van der Waals surface area contributed by atoms with E-state index in [4.69, 9.17) is 0 Å². The average molecular weight is 387 g/mol. The van der Waals surface area contributed by atoms with Crippen LogP contribution in [0.2, 0.25) is 0 Å². The Hall–Kier alpha value is -3.96. The number of fused-ring (bicyclic) bond motifs is 1. The summed E-state index contributed by atoms with van der Waals surface area (Å²) in [5, 5.41) is 15.4. The van der Waals surface area contributed by atoms with Crippen molar-refractivity contribution in [1.29, 1.82) is 0 Å². The summed E-state index contributed by atoms with van der Waals surface area (Å²) >= 11 is 0. The molecule has 0 aliphatic carbocycles. The molecule has 0 saturated heterocycles. The molecule has 0 amide bonds. The van der Waals surface area contributed by atoms with Gasteiger partial charge in [0, 0.05) is 18.5 Å². The maximum atomic E-state index is 13.0. The van der Waals surface area contributed by atoms with Gasteiger partial charge in [0.05, 0.1) is 17.7 Å². The van der Waals surface area contributed by atoms with Gasteiger partial charge in [0.1, 0.15) is 23.2 Å². The Kier molecular flexibility index (Phi) is 4.14. The smallest absolute Gasteiger partial charge is 0.291 e. The average Bonchev–Trinajstić information content (AvgIpc) is 3.31. The number of hydrogen-bond donors (Lipinski definition) is 0. The number of halogens is 2. The van der Waals surface area contributed by atoms with Gasteiger partial charge in [0.25, 0.3) is 11.2 Å². The maximum Gasteiger partial charge on any atom is 0.319 e. The van der Waals surface area contributed by atoms with Crippen LogP contribution in [0.4, 0.5) is 14.5 Å². The molecule has 0 fully saturated rings. The molecule has 12 heteroatoms. The second kappa shape index (κ2) is 6.64. The second-order valence-corrected chi connectivity index (χ2v) is 5.75. The van der Waals surface area contributed by atoms with E-state index in [1.54, 1.807) is 6.07 Å². The zero-order valence-corrected chi connectivity index (χ0v) is 14.0. The molecule has 0 bridgehead atoms. The van der Waals surface area contributed by atoms with Gasteiger partial charge in [-0.25, -0.2) is 14.6 Å². The molecule has 1 aromatic carbocycles. The fourth-order valence-corrected chi connectivity index (χ4v) is 2.83. The zero-order valence-electron chi connectivity index (χ0n) is 14.0. The fraction of sp³-hybridized carbons (Fsp3) is 0.125. The number of para-hydroxylation sites is 2. The Labute approximate surface area is 154 Å². The zero-order chi connectivity index (χ0) is 19.8. The minimum atomic E-state index is -2.79. The number of alkyl halides is 2. The number of aromatic nitrogens is 6. The third kappa shape index (κ3) is 2.80. The molecule has 4 aromatic rings. The predicted octanol–water partition coefficient (Wildman–Crippen LogP) is 2.13.